The second-order valence-corrected chi connectivity index (χ2v) is 19.4. The van der Waals surface area contributed by atoms with Gasteiger partial charge in [0.25, 0.3) is 0 Å². The fourth-order valence-corrected chi connectivity index (χ4v) is 8.79. The van der Waals surface area contributed by atoms with E-state index in [-0.39, 0.29) is 24.9 Å². The zero-order chi connectivity index (χ0) is 46.7. The number of rotatable bonds is 51. The third-order valence-corrected chi connectivity index (χ3v) is 13.0. The number of nitrogens with one attached hydrogen (secondary N) is 1. The van der Waals surface area contributed by atoms with Crippen LogP contribution >= 0.6 is 0 Å². The molecule has 0 aliphatic carbocycles. The SMILES string of the molecule is CC/C=C/C=C/C=C/CCCCCCCC(CC(=O)NC(CO)C(O)CCCCCCCCCCCCCCCCC)OC(=O)CCCCCCCCCCCCCCCCCCC. The second-order valence-electron chi connectivity index (χ2n) is 19.4. The van der Waals surface area contributed by atoms with Gasteiger partial charge in [0.15, 0.2) is 0 Å². The average Bonchev–Trinajstić information content (AvgIpc) is 3.29. The first kappa shape index (κ1) is 62.1. The molecule has 6 nitrogen and oxygen atoms in total. The van der Waals surface area contributed by atoms with Gasteiger partial charge in [0.2, 0.25) is 5.91 Å². The summed E-state index contributed by atoms with van der Waals surface area (Å²) in [6.45, 7) is 6.38. The molecule has 3 atom stereocenters. The standard InChI is InChI=1S/C58H109NO5/c1-4-7-10-13-16-19-22-25-27-28-30-33-36-39-42-45-48-51-58(63)64-54(49-46-43-40-37-34-31-24-21-18-15-12-9-6-3)52-57(62)59-55(53-60)56(61)50-47-44-41-38-35-32-29-26-23-20-17-14-11-8-5-2/h9,12,15,18,21,24,54-56,60-61H,4-8,10-11,13-14,16-17,19-20,22-23,25-53H2,1-3H3,(H,59,62)/b12-9+,18-15+,24-21+. The van der Waals surface area contributed by atoms with Crippen molar-refractivity contribution in [3.05, 3.63) is 36.5 Å². The van der Waals surface area contributed by atoms with Crippen molar-refractivity contribution in [3.8, 4) is 0 Å². The van der Waals surface area contributed by atoms with Gasteiger partial charge in [0.1, 0.15) is 6.10 Å². The molecular formula is C58H109NO5. The molecule has 0 aliphatic rings. The molecule has 0 rings (SSSR count). The lowest BCUT2D eigenvalue weighted by atomic mass is 10.0. The molecule has 0 saturated carbocycles. The van der Waals surface area contributed by atoms with Crippen molar-refractivity contribution in [1.29, 1.82) is 0 Å². The van der Waals surface area contributed by atoms with Gasteiger partial charge in [-0.05, 0) is 44.9 Å². The highest BCUT2D eigenvalue weighted by Crippen LogP contribution is 2.19. The fraction of sp³-hybridized carbons (Fsp3) is 0.862. The Morgan fingerprint density at radius 3 is 1.27 bits per heavy atom. The van der Waals surface area contributed by atoms with Crippen LogP contribution < -0.4 is 5.32 Å². The van der Waals surface area contributed by atoms with Crippen LogP contribution in [-0.2, 0) is 14.3 Å². The predicted octanol–water partition coefficient (Wildman–Crippen LogP) is 17.2. The number of ether oxygens (including phenoxy) is 1. The predicted molar refractivity (Wildman–Crippen MR) is 278 cm³/mol. The van der Waals surface area contributed by atoms with E-state index in [9.17, 15) is 19.8 Å². The van der Waals surface area contributed by atoms with Crippen molar-refractivity contribution in [1.82, 2.24) is 5.32 Å². The van der Waals surface area contributed by atoms with Crippen molar-refractivity contribution in [2.24, 2.45) is 0 Å². The Kier molecular flexibility index (Phi) is 50.5. The molecule has 0 aliphatic heterocycles. The zero-order valence-electron chi connectivity index (χ0n) is 42.9. The van der Waals surface area contributed by atoms with Crippen molar-refractivity contribution in [2.75, 3.05) is 6.61 Å². The number of hydrogen-bond donors (Lipinski definition) is 3. The van der Waals surface area contributed by atoms with Gasteiger partial charge in [-0.2, -0.15) is 0 Å². The third-order valence-electron chi connectivity index (χ3n) is 13.0. The highest BCUT2D eigenvalue weighted by molar-refractivity contribution is 5.77. The molecule has 376 valence electrons. The van der Waals surface area contributed by atoms with Gasteiger partial charge in [-0.1, -0.05) is 276 Å². The summed E-state index contributed by atoms with van der Waals surface area (Å²) >= 11 is 0. The van der Waals surface area contributed by atoms with E-state index in [1.807, 2.05) is 0 Å². The maximum atomic E-state index is 13.2. The van der Waals surface area contributed by atoms with Crippen LogP contribution in [0.25, 0.3) is 0 Å². The zero-order valence-corrected chi connectivity index (χ0v) is 42.9. The van der Waals surface area contributed by atoms with Gasteiger partial charge in [0.05, 0.1) is 25.2 Å². The molecule has 0 bridgehead atoms. The van der Waals surface area contributed by atoms with Crippen LogP contribution in [0.5, 0.6) is 0 Å². The molecule has 0 heterocycles. The highest BCUT2D eigenvalue weighted by Gasteiger charge is 2.24. The first-order chi connectivity index (χ1) is 31.5. The highest BCUT2D eigenvalue weighted by atomic mass is 16.5. The molecule has 64 heavy (non-hydrogen) atoms. The molecule has 6 heteroatoms. The van der Waals surface area contributed by atoms with Crippen molar-refractivity contribution < 1.29 is 24.5 Å². The number of carbonyl (C=O) groups excluding carboxylic acids is 2. The molecule has 0 aromatic rings. The maximum Gasteiger partial charge on any atom is 0.306 e. The van der Waals surface area contributed by atoms with Crippen molar-refractivity contribution in [2.45, 2.75) is 315 Å². The van der Waals surface area contributed by atoms with Crippen molar-refractivity contribution in [3.63, 3.8) is 0 Å². The lowest BCUT2D eigenvalue weighted by Gasteiger charge is -2.24. The van der Waals surface area contributed by atoms with Gasteiger partial charge in [-0.15, -0.1) is 0 Å². The quantitative estimate of drug-likeness (QED) is 0.0321. The summed E-state index contributed by atoms with van der Waals surface area (Å²) in [4.78, 5) is 26.2. The number of allylic oxidation sites excluding steroid dienone is 6. The number of carbonyl (C=O) groups is 2. The first-order valence-electron chi connectivity index (χ1n) is 28.2. The van der Waals surface area contributed by atoms with Crippen LogP contribution in [0.4, 0.5) is 0 Å². The smallest absolute Gasteiger partial charge is 0.306 e. The summed E-state index contributed by atoms with van der Waals surface area (Å²) in [5.74, 6) is -0.479. The molecule has 3 N–H and O–H groups in total. The van der Waals surface area contributed by atoms with Crippen molar-refractivity contribution >= 4 is 11.9 Å². The number of esters is 1. The summed E-state index contributed by atoms with van der Waals surface area (Å²) in [6, 6.07) is -0.706. The minimum absolute atomic E-state index is 0.0682. The minimum Gasteiger partial charge on any atom is -0.462 e. The van der Waals surface area contributed by atoms with E-state index in [1.165, 1.54) is 173 Å². The van der Waals surface area contributed by atoms with E-state index in [2.05, 4.69) is 62.5 Å². The minimum atomic E-state index is -0.791. The molecular weight excluding hydrogens is 791 g/mol. The van der Waals surface area contributed by atoms with Crippen LogP contribution in [0.1, 0.15) is 297 Å². The van der Waals surface area contributed by atoms with E-state index >= 15 is 0 Å². The lowest BCUT2D eigenvalue weighted by Crippen LogP contribution is -2.46. The molecule has 0 fully saturated rings. The van der Waals surface area contributed by atoms with Gasteiger partial charge in [-0.3, -0.25) is 9.59 Å². The Hall–Kier alpha value is -1.92. The topological polar surface area (TPSA) is 95.9 Å². The Bertz CT molecular complexity index is 1060. The normalized spacial score (nSPS) is 13.4. The molecule has 3 unspecified atom stereocenters. The molecule has 0 radical (unpaired) electrons. The monoisotopic (exact) mass is 900 g/mol. The van der Waals surface area contributed by atoms with Crippen LogP contribution in [0.3, 0.4) is 0 Å². The van der Waals surface area contributed by atoms with E-state index in [0.717, 1.165) is 77.0 Å². The Labute approximate surface area is 398 Å². The van der Waals surface area contributed by atoms with Crippen LogP contribution in [0, 0.1) is 0 Å². The van der Waals surface area contributed by atoms with E-state index < -0.39 is 18.2 Å². The number of unbranched alkanes of at least 4 members (excludes halogenated alkanes) is 35. The molecule has 0 aromatic heterocycles. The second kappa shape index (κ2) is 52.1. The van der Waals surface area contributed by atoms with Crippen LogP contribution in [-0.4, -0.2) is 46.9 Å². The number of amides is 1. The number of aliphatic hydroxyl groups is 2. The lowest BCUT2D eigenvalue weighted by molar-refractivity contribution is -0.151. The number of aliphatic hydroxyl groups excluding tert-OH is 2. The third kappa shape index (κ3) is 46.6. The average molecular weight is 901 g/mol. The molecule has 0 spiro atoms. The molecule has 1 amide bonds. The Morgan fingerprint density at radius 2 is 0.844 bits per heavy atom. The van der Waals surface area contributed by atoms with Crippen LogP contribution in [0.2, 0.25) is 0 Å². The van der Waals surface area contributed by atoms with Gasteiger partial charge < -0.3 is 20.3 Å². The Morgan fingerprint density at radius 1 is 0.469 bits per heavy atom. The summed E-state index contributed by atoms with van der Waals surface area (Å²) < 4.78 is 5.95. The summed E-state index contributed by atoms with van der Waals surface area (Å²) in [7, 11) is 0. The summed E-state index contributed by atoms with van der Waals surface area (Å²) in [6.07, 6.45) is 62.1. The van der Waals surface area contributed by atoms with Gasteiger partial charge in [-0.25, -0.2) is 0 Å². The Balaban J connectivity index is 4.51. The fourth-order valence-electron chi connectivity index (χ4n) is 8.79. The first-order valence-corrected chi connectivity index (χ1v) is 28.2. The largest absolute Gasteiger partial charge is 0.462 e. The van der Waals surface area contributed by atoms with Gasteiger partial charge >= 0.3 is 5.97 Å². The number of hydrogen-bond acceptors (Lipinski definition) is 5. The summed E-state index contributed by atoms with van der Waals surface area (Å²) in [5, 5.41) is 23.9. The van der Waals surface area contributed by atoms with E-state index in [1.54, 1.807) is 0 Å². The van der Waals surface area contributed by atoms with E-state index in [0.29, 0.717) is 19.3 Å². The van der Waals surface area contributed by atoms with Gasteiger partial charge in [0, 0.05) is 6.42 Å². The van der Waals surface area contributed by atoms with Crippen LogP contribution in [0.15, 0.2) is 36.5 Å². The summed E-state index contributed by atoms with van der Waals surface area (Å²) in [5.41, 5.74) is 0. The molecule has 0 saturated heterocycles. The van der Waals surface area contributed by atoms with E-state index in [4.69, 9.17) is 4.74 Å². The molecule has 0 aromatic carbocycles. The maximum absolute atomic E-state index is 13.2.